The number of pyridine rings is 1. The molecule has 0 aliphatic rings. The van der Waals surface area contributed by atoms with Crippen LogP contribution in [0.4, 0.5) is 5.82 Å². The smallest absolute Gasteiger partial charge is 0.322 e. The van der Waals surface area contributed by atoms with E-state index in [1.54, 1.807) is 37.4 Å². The first kappa shape index (κ1) is 26.3. The number of aryl methyl sites for hydroxylation is 1. The molecule has 0 radical (unpaired) electrons. The van der Waals surface area contributed by atoms with E-state index in [0.29, 0.717) is 17.7 Å². The summed E-state index contributed by atoms with van der Waals surface area (Å²) >= 11 is 6.10. The van der Waals surface area contributed by atoms with Crippen molar-refractivity contribution in [2.45, 2.75) is 30.8 Å². The number of carboxylic acids is 1. The van der Waals surface area contributed by atoms with Crippen LogP contribution in [-0.4, -0.2) is 30.5 Å². The number of rotatable bonds is 10. The zero-order valence-electron chi connectivity index (χ0n) is 20.1. The Morgan fingerprint density at radius 3 is 2.38 bits per heavy atom. The molecule has 1 atom stereocenters. The molecule has 0 bridgehead atoms. The van der Waals surface area contributed by atoms with Gasteiger partial charge in [0.15, 0.2) is 0 Å². The topological polar surface area (TPSA) is 108 Å². The van der Waals surface area contributed by atoms with E-state index in [4.69, 9.17) is 11.6 Å². The molecular weight excluding hydrogens is 510 g/mol. The van der Waals surface area contributed by atoms with Crippen LogP contribution in [-0.2, 0) is 27.8 Å². The van der Waals surface area contributed by atoms with Gasteiger partial charge in [0.05, 0.1) is 5.02 Å². The Morgan fingerprint density at radius 2 is 1.70 bits per heavy atom. The number of hydrogen-bond donors (Lipinski definition) is 3. The first-order valence-electron chi connectivity index (χ1n) is 11.6. The van der Waals surface area contributed by atoms with Crippen molar-refractivity contribution in [1.29, 1.82) is 0 Å². The highest BCUT2D eigenvalue weighted by Crippen LogP contribution is 2.26. The highest BCUT2D eigenvalue weighted by atomic mass is 35.5. The molecule has 0 saturated heterocycles. The van der Waals surface area contributed by atoms with Gasteiger partial charge in [0, 0.05) is 12.7 Å². The normalized spacial score (nSPS) is 12.2. The number of aliphatic carboxylic acids is 1. The van der Waals surface area contributed by atoms with E-state index in [2.05, 4.69) is 21.1 Å². The van der Waals surface area contributed by atoms with Crippen LogP contribution in [0.2, 0.25) is 5.02 Å². The van der Waals surface area contributed by atoms with Gasteiger partial charge in [0.2, 0.25) is 10.0 Å². The highest BCUT2D eigenvalue weighted by Gasteiger charge is 2.28. The third-order valence-electron chi connectivity index (χ3n) is 5.82. The summed E-state index contributed by atoms with van der Waals surface area (Å²) < 4.78 is 28.1. The molecule has 0 amide bonds. The van der Waals surface area contributed by atoms with Gasteiger partial charge in [-0.1, -0.05) is 72.3 Å². The fourth-order valence-corrected chi connectivity index (χ4v) is 5.99. The monoisotopic (exact) mass is 535 g/mol. The fourth-order valence-electron chi connectivity index (χ4n) is 3.97. The zero-order chi connectivity index (χ0) is 26.4. The minimum Gasteiger partial charge on any atom is -0.480 e. The van der Waals surface area contributed by atoms with Crippen LogP contribution >= 0.6 is 11.6 Å². The van der Waals surface area contributed by atoms with Crippen LogP contribution in [0.3, 0.4) is 0 Å². The van der Waals surface area contributed by atoms with Crippen molar-refractivity contribution in [3.63, 3.8) is 0 Å². The van der Waals surface area contributed by atoms with Crippen molar-refractivity contribution in [1.82, 2.24) is 9.71 Å². The van der Waals surface area contributed by atoms with E-state index in [1.807, 2.05) is 48.5 Å². The predicted molar refractivity (Wildman–Crippen MR) is 145 cm³/mol. The van der Waals surface area contributed by atoms with Crippen molar-refractivity contribution in [3.05, 3.63) is 113 Å². The summed E-state index contributed by atoms with van der Waals surface area (Å²) in [4.78, 5) is 16.1. The Kier molecular flexibility index (Phi) is 8.23. The third-order valence-corrected chi connectivity index (χ3v) is 7.92. The highest BCUT2D eigenvalue weighted by molar-refractivity contribution is 7.89. The molecule has 3 aromatic carbocycles. The van der Waals surface area contributed by atoms with Gasteiger partial charge in [-0.15, -0.1) is 0 Å². The maximum atomic E-state index is 12.9. The SMILES string of the molecule is Cc1cccc(Cl)c1S(=O)(=O)NC(Cc1ccc(-c2cccc(CNc3ccccn3)c2)cc1)C(=O)O. The second kappa shape index (κ2) is 11.6. The molecule has 37 heavy (non-hydrogen) atoms. The lowest BCUT2D eigenvalue weighted by atomic mass is 9.99. The summed E-state index contributed by atoms with van der Waals surface area (Å²) in [5.41, 5.74) is 4.18. The summed E-state index contributed by atoms with van der Waals surface area (Å²) in [6.07, 6.45) is 1.71. The van der Waals surface area contributed by atoms with Crippen LogP contribution in [0.1, 0.15) is 16.7 Å². The predicted octanol–water partition coefficient (Wildman–Crippen LogP) is 5.30. The van der Waals surface area contributed by atoms with Crippen LogP contribution in [0.25, 0.3) is 11.1 Å². The van der Waals surface area contributed by atoms with E-state index in [-0.39, 0.29) is 16.3 Å². The zero-order valence-corrected chi connectivity index (χ0v) is 21.6. The Balaban J connectivity index is 1.46. The Morgan fingerprint density at radius 1 is 0.946 bits per heavy atom. The second-order valence-corrected chi connectivity index (χ2v) is 10.6. The van der Waals surface area contributed by atoms with Crippen molar-refractivity contribution >= 4 is 33.4 Å². The molecule has 3 N–H and O–H groups in total. The van der Waals surface area contributed by atoms with Crippen molar-refractivity contribution in [2.75, 3.05) is 5.32 Å². The molecule has 1 heterocycles. The minimum atomic E-state index is -4.14. The Labute approximate surface area is 221 Å². The lowest BCUT2D eigenvalue weighted by Crippen LogP contribution is -2.42. The summed E-state index contributed by atoms with van der Waals surface area (Å²) in [7, 11) is -4.14. The summed E-state index contributed by atoms with van der Waals surface area (Å²) in [6.45, 7) is 2.23. The fraction of sp³-hybridized carbons (Fsp3) is 0.143. The lowest BCUT2D eigenvalue weighted by molar-refractivity contribution is -0.138. The van der Waals surface area contributed by atoms with E-state index in [1.165, 1.54) is 6.07 Å². The Bertz CT molecular complexity index is 1470. The molecular formula is C28H26ClN3O4S. The largest absolute Gasteiger partial charge is 0.480 e. The standard InChI is InChI=1S/C28H26ClN3O4S/c1-19-6-4-9-24(29)27(19)37(35,36)32-25(28(33)34)17-20-11-13-22(14-12-20)23-8-5-7-21(16-23)18-31-26-10-2-3-15-30-26/h2-16,25,32H,17-18H2,1H3,(H,30,31)(H,33,34). The van der Waals surface area contributed by atoms with Crippen LogP contribution in [0, 0.1) is 6.92 Å². The number of carbonyl (C=O) groups is 1. The average molecular weight is 536 g/mol. The second-order valence-electron chi connectivity index (χ2n) is 8.57. The summed E-state index contributed by atoms with van der Waals surface area (Å²) in [6, 6.07) is 24.5. The number of sulfonamides is 1. The van der Waals surface area contributed by atoms with E-state index >= 15 is 0 Å². The van der Waals surface area contributed by atoms with Crippen LogP contribution in [0.15, 0.2) is 96.0 Å². The van der Waals surface area contributed by atoms with Gasteiger partial charge in [0.25, 0.3) is 0 Å². The van der Waals surface area contributed by atoms with Gasteiger partial charge < -0.3 is 10.4 Å². The van der Waals surface area contributed by atoms with E-state index in [0.717, 1.165) is 22.5 Å². The lowest BCUT2D eigenvalue weighted by Gasteiger charge is -2.17. The summed E-state index contributed by atoms with van der Waals surface area (Å²) in [5, 5.41) is 13.0. The average Bonchev–Trinajstić information content (AvgIpc) is 2.88. The molecule has 1 aromatic heterocycles. The summed E-state index contributed by atoms with van der Waals surface area (Å²) in [5.74, 6) is -0.476. The maximum absolute atomic E-state index is 12.9. The third kappa shape index (κ3) is 6.74. The van der Waals surface area contributed by atoms with Gasteiger partial charge in [-0.25, -0.2) is 13.4 Å². The van der Waals surface area contributed by atoms with Crippen molar-refractivity contribution in [2.24, 2.45) is 0 Å². The number of nitrogens with one attached hydrogen (secondary N) is 2. The molecule has 7 nitrogen and oxygen atoms in total. The molecule has 1 unspecified atom stereocenters. The molecule has 0 aliphatic heterocycles. The van der Waals surface area contributed by atoms with Crippen LogP contribution < -0.4 is 10.0 Å². The molecule has 0 saturated carbocycles. The minimum absolute atomic E-state index is 0.0214. The van der Waals surface area contributed by atoms with Gasteiger partial charge in [-0.2, -0.15) is 4.72 Å². The first-order valence-corrected chi connectivity index (χ1v) is 13.4. The van der Waals surface area contributed by atoms with Crippen molar-refractivity contribution in [3.8, 4) is 11.1 Å². The number of carboxylic acid groups (broad SMARTS) is 1. The Hall–Kier alpha value is -3.72. The van der Waals surface area contributed by atoms with E-state index < -0.39 is 22.0 Å². The molecule has 0 spiro atoms. The molecule has 4 rings (SSSR count). The number of nitrogens with zero attached hydrogens (tertiary/aromatic N) is 1. The maximum Gasteiger partial charge on any atom is 0.322 e. The van der Waals surface area contributed by atoms with Gasteiger partial charge in [0.1, 0.15) is 16.8 Å². The van der Waals surface area contributed by atoms with Crippen molar-refractivity contribution < 1.29 is 18.3 Å². The quantitative estimate of drug-likeness (QED) is 0.254. The van der Waals surface area contributed by atoms with E-state index in [9.17, 15) is 18.3 Å². The molecule has 9 heteroatoms. The molecule has 0 fully saturated rings. The van der Waals surface area contributed by atoms with Gasteiger partial charge >= 0.3 is 5.97 Å². The number of hydrogen-bond acceptors (Lipinski definition) is 5. The number of anilines is 1. The molecule has 190 valence electrons. The molecule has 0 aliphatic carbocycles. The number of aromatic nitrogens is 1. The molecule has 4 aromatic rings. The van der Waals surface area contributed by atoms with Gasteiger partial charge in [-0.3, -0.25) is 4.79 Å². The number of benzene rings is 3. The van der Waals surface area contributed by atoms with Crippen LogP contribution in [0.5, 0.6) is 0 Å². The van der Waals surface area contributed by atoms with Gasteiger partial charge in [-0.05, 0) is 65.4 Å². The number of halogens is 1. The first-order chi connectivity index (χ1) is 17.7.